The van der Waals surface area contributed by atoms with Gasteiger partial charge < -0.3 is 14.4 Å². The van der Waals surface area contributed by atoms with Crippen LogP contribution in [0.2, 0.25) is 0 Å². The zero-order valence-corrected chi connectivity index (χ0v) is 17.6. The highest BCUT2D eigenvalue weighted by Crippen LogP contribution is 2.23. The van der Waals surface area contributed by atoms with Crippen LogP contribution in [0.5, 0.6) is 5.75 Å². The number of nitrogens with zero attached hydrogens (tertiary/aromatic N) is 3. The second kappa shape index (κ2) is 10.0. The van der Waals surface area contributed by atoms with Crippen LogP contribution in [-0.4, -0.2) is 47.2 Å². The third-order valence-corrected chi connectivity index (χ3v) is 5.04. The molecule has 0 saturated carbocycles. The van der Waals surface area contributed by atoms with Gasteiger partial charge in [0.25, 0.3) is 11.5 Å². The molecule has 0 bridgehead atoms. The monoisotopic (exact) mass is 409 g/mol. The van der Waals surface area contributed by atoms with E-state index in [1.54, 1.807) is 37.3 Å². The number of fused-ring (bicyclic) bond motifs is 1. The van der Waals surface area contributed by atoms with Crippen molar-refractivity contribution in [3.05, 3.63) is 70.8 Å². The quantitative estimate of drug-likeness (QED) is 0.543. The number of rotatable bonds is 9. The predicted molar refractivity (Wildman–Crippen MR) is 116 cm³/mol. The smallest absolute Gasteiger partial charge is 0.261 e. The minimum absolute atomic E-state index is 0.105. The standard InChI is InChI=1S/C23H27N3O4/c1-4-20(22-24-19-13-9-8-12-18(19)23(28)25(22)2)26(14-15-29-3)21(27)16-30-17-10-6-5-7-11-17/h5-13,20H,4,14-16H2,1-3H3. The van der Waals surface area contributed by atoms with Gasteiger partial charge in [-0.2, -0.15) is 0 Å². The van der Waals surface area contributed by atoms with Gasteiger partial charge in [0, 0.05) is 20.7 Å². The second-order valence-corrected chi connectivity index (χ2v) is 6.96. The summed E-state index contributed by atoms with van der Waals surface area (Å²) < 4.78 is 12.4. The summed E-state index contributed by atoms with van der Waals surface area (Å²) in [4.78, 5) is 32.4. The first-order valence-corrected chi connectivity index (χ1v) is 9.98. The molecule has 1 heterocycles. The van der Waals surface area contributed by atoms with Crippen molar-refractivity contribution in [3.8, 4) is 5.75 Å². The minimum Gasteiger partial charge on any atom is -0.484 e. The maximum atomic E-state index is 13.1. The summed E-state index contributed by atoms with van der Waals surface area (Å²) in [5.74, 6) is 0.984. The lowest BCUT2D eigenvalue weighted by atomic mass is 10.1. The fourth-order valence-electron chi connectivity index (χ4n) is 3.46. The maximum Gasteiger partial charge on any atom is 0.261 e. The molecule has 1 unspecified atom stereocenters. The second-order valence-electron chi connectivity index (χ2n) is 6.96. The van der Waals surface area contributed by atoms with E-state index in [1.807, 2.05) is 43.3 Å². The van der Waals surface area contributed by atoms with Crippen LogP contribution in [0.1, 0.15) is 25.2 Å². The van der Waals surface area contributed by atoms with E-state index in [4.69, 9.17) is 14.5 Å². The van der Waals surface area contributed by atoms with Gasteiger partial charge in [-0.05, 0) is 30.7 Å². The molecule has 158 valence electrons. The molecule has 0 radical (unpaired) electrons. The van der Waals surface area contributed by atoms with Crippen molar-refractivity contribution < 1.29 is 14.3 Å². The molecule has 0 aliphatic heterocycles. The fourth-order valence-corrected chi connectivity index (χ4v) is 3.46. The highest BCUT2D eigenvalue weighted by molar-refractivity contribution is 5.79. The molecule has 2 aromatic carbocycles. The zero-order valence-electron chi connectivity index (χ0n) is 17.6. The lowest BCUT2D eigenvalue weighted by Crippen LogP contribution is -2.42. The number of benzene rings is 2. The third kappa shape index (κ3) is 4.68. The van der Waals surface area contributed by atoms with Crippen LogP contribution in [0.4, 0.5) is 0 Å². The molecule has 0 spiro atoms. The Hall–Kier alpha value is -3.19. The summed E-state index contributed by atoms with van der Waals surface area (Å²) in [6, 6.07) is 16.1. The van der Waals surface area contributed by atoms with E-state index in [-0.39, 0.29) is 24.1 Å². The molecule has 0 fully saturated rings. The molecular weight excluding hydrogens is 382 g/mol. The summed E-state index contributed by atoms with van der Waals surface area (Å²) in [6.45, 7) is 2.60. The van der Waals surface area contributed by atoms with E-state index in [0.717, 1.165) is 0 Å². The molecule has 0 aliphatic carbocycles. The van der Waals surface area contributed by atoms with E-state index < -0.39 is 0 Å². The third-order valence-electron chi connectivity index (χ3n) is 5.04. The van der Waals surface area contributed by atoms with Crippen LogP contribution >= 0.6 is 0 Å². The Morgan fingerprint density at radius 3 is 2.53 bits per heavy atom. The summed E-state index contributed by atoms with van der Waals surface area (Å²) in [6.07, 6.45) is 0.597. The Balaban J connectivity index is 1.93. The molecule has 0 aliphatic rings. The first-order chi connectivity index (χ1) is 14.6. The van der Waals surface area contributed by atoms with Crippen molar-refractivity contribution in [2.24, 2.45) is 7.05 Å². The fraction of sp³-hybridized carbons (Fsp3) is 0.348. The number of hydrogen-bond donors (Lipinski definition) is 0. The van der Waals surface area contributed by atoms with Crippen LogP contribution in [0, 0.1) is 0 Å². The molecule has 1 amide bonds. The van der Waals surface area contributed by atoms with Crippen molar-refractivity contribution in [3.63, 3.8) is 0 Å². The van der Waals surface area contributed by atoms with Gasteiger partial charge in [0.2, 0.25) is 0 Å². The average molecular weight is 409 g/mol. The molecule has 0 N–H and O–H groups in total. The van der Waals surface area contributed by atoms with Gasteiger partial charge in [-0.1, -0.05) is 37.3 Å². The van der Waals surface area contributed by atoms with E-state index in [1.165, 1.54) is 4.57 Å². The number of carbonyl (C=O) groups excluding carboxylic acids is 1. The highest BCUT2D eigenvalue weighted by atomic mass is 16.5. The number of methoxy groups -OCH3 is 1. The van der Waals surface area contributed by atoms with Gasteiger partial charge in [0.05, 0.1) is 23.6 Å². The van der Waals surface area contributed by atoms with Crippen LogP contribution in [0.15, 0.2) is 59.4 Å². The Morgan fingerprint density at radius 1 is 1.13 bits per heavy atom. The molecule has 7 nitrogen and oxygen atoms in total. The molecule has 30 heavy (non-hydrogen) atoms. The van der Waals surface area contributed by atoms with Crippen molar-refractivity contribution in [2.45, 2.75) is 19.4 Å². The van der Waals surface area contributed by atoms with Gasteiger partial charge in [0.1, 0.15) is 11.6 Å². The zero-order chi connectivity index (χ0) is 21.5. The van der Waals surface area contributed by atoms with Gasteiger partial charge in [-0.25, -0.2) is 4.98 Å². The summed E-state index contributed by atoms with van der Waals surface area (Å²) in [5.41, 5.74) is 0.488. The molecule has 7 heteroatoms. The molecule has 0 saturated heterocycles. The lowest BCUT2D eigenvalue weighted by molar-refractivity contribution is -0.137. The minimum atomic E-state index is -0.380. The highest BCUT2D eigenvalue weighted by Gasteiger charge is 2.27. The number of hydrogen-bond acceptors (Lipinski definition) is 5. The Morgan fingerprint density at radius 2 is 1.83 bits per heavy atom. The lowest BCUT2D eigenvalue weighted by Gasteiger charge is -2.31. The SMILES string of the molecule is CCC(c1nc2ccccc2c(=O)n1C)N(CCOC)C(=O)COc1ccccc1. The molecule has 3 rings (SSSR count). The number of para-hydroxylation sites is 2. The molecule has 1 aromatic heterocycles. The number of aromatic nitrogens is 2. The van der Waals surface area contributed by atoms with Crippen molar-refractivity contribution in [1.82, 2.24) is 14.5 Å². The summed E-state index contributed by atoms with van der Waals surface area (Å²) in [5, 5.41) is 0.556. The number of carbonyl (C=O) groups is 1. The van der Waals surface area contributed by atoms with Crippen molar-refractivity contribution in [2.75, 3.05) is 26.9 Å². The van der Waals surface area contributed by atoms with Gasteiger partial charge >= 0.3 is 0 Å². The topological polar surface area (TPSA) is 73.7 Å². The molecule has 3 aromatic rings. The van der Waals surface area contributed by atoms with Crippen molar-refractivity contribution in [1.29, 1.82) is 0 Å². The van der Waals surface area contributed by atoms with Gasteiger partial charge in [-0.3, -0.25) is 14.2 Å². The molecule has 1 atom stereocenters. The summed E-state index contributed by atoms with van der Waals surface area (Å²) >= 11 is 0. The van der Waals surface area contributed by atoms with E-state index in [9.17, 15) is 9.59 Å². The largest absolute Gasteiger partial charge is 0.484 e. The van der Waals surface area contributed by atoms with Crippen molar-refractivity contribution >= 4 is 16.8 Å². The Labute approximate surface area is 175 Å². The van der Waals surface area contributed by atoms with Crippen LogP contribution in [-0.2, 0) is 16.6 Å². The number of amides is 1. The maximum absolute atomic E-state index is 13.1. The van der Waals surface area contributed by atoms with Crippen LogP contribution in [0.25, 0.3) is 10.9 Å². The van der Waals surface area contributed by atoms with E-state index in [0.29, 0.717) is 42.0 Å². The predicted octanol–water partition coefficient (Wildman–Crippen LogP) is 2.94. The van der Waals surface area contributed by atoms with Gasteiger partial charge in [-0.15, -0.1) is 0 Å². The first-order valence-electron chi connectivity index (χ1n) is 9.98. The average Bonchev–Trinajstić information content (AvgIpc) is 2.78. The van der Waals surface area contributed by atoms with E-state index >= 15 is 0 Å². The summed E-state index contributed by atoms with van der Waals surface area (Å²) in [7, 11) is 3.29. The first kappa shape index (κ1) is 21.5. The normalized spacial score (nSPS) is 12.0. The molecular formula is C23H27N3O4. The van der Waals surface area contributed by atoms with Crippen LogP contribution in [0.3, 0.4) is 0 Å². The Bertz CT molecular complexity index is 1050. The van der Waals surface area contributed by atoms with Crippen LogP contribution < -0.4 is 10.3 Å². The number of ether oxygens (including phenoxy) is 2. The Kier molecular flexibility index (Phi) is 7.19. The van der Waals surface area contributed by atoms with E-state index in [2.05, 4.69) is 0 Å². The van der Waals surface area contributed by atoms with Gasteiger partial charge in [0.15, 0.2) is 6.61 Å².